The zero-order valence-corrected chi connectivity index (χ0v) is 10.9. The Kier molecular flexibility index (Phi) is 4.12. The second-order valence-corrected chi connectivity index (χ2v) is 5.66. The fourth-order valence-corrected chi connectivity index (χ4v) is 2.97. The van der Waals surface area contributed by atoms with E-state index in [2.05, 4.69) is 4.98 Å². The Bertz CT molecular complexity index is 392. The normalized spacial score (nSPS) is 21.3. The number of hydrogen-bond donors (Lipinski definition) is 1. The van der Waals surface area contributed by atoms with Crippen LogP contribution in [0.3, 0.4) is 0 Å². The van der Waals surface area contributed by atoms with Gasteiger partial charge in [-0.25, -0.2) is 4.98 Å². The van der Waals surface area contributed by atoms with Crippen LogP contribution in [0.1, 0.15) is 40.4 Å². The summed E-state index contributed by atoms with van der Waals surface area (Å²) in [6.07, 6.45) is 5.81. The maximum absolute atomic E-state index is 12.3. The minimum absolute atomic E-state index is 0.0209. The Balaban J connectivity index is 2.15. The molecule has 1 saturated heterocycles. The third kappa shape index (κ3) is 2.84. The number of carbonyl (C=O) groups excluding carboxylic acids is 1. The molecule has 1 atom stereocenters. The van der Waals surface area contributed by atoms with Crippen LogP contribution in [-0.4, -0.2) is 40.1 Å². The largest absolute Gasteiger partial charge is 0.394 e. The predicted molar refractivity (Wildman–Crippen MR) is 67.2 cm³/mol. The molecule has 1 amide bonds. The van der Waals surface area contributed by atoms with Crippen LogP contribution in [0.5, 0.6) is 0 Å². The minimum atomic E-state index is -0.0209. The average molecular weight is 254 g/mol. The highest BCUT2D eigenvalue weighted by molar-refractivity contribution is 7.13. The van der Waals surface area contributed by atoms with E-state index in [0.29, 0.717) is 4.88 Å². The molecule has 1 N–H and O–H groups in total. The molecule has 1 unspecified atom stereocenters. The van der Waals surface area contributed by atoms with Crippen molar-refractivity contribution in [2.24, 2.45) is 0 Å². The SMILES string of the molecule is Cc1ncc(C(=O)N2CCCCCC2CO)s1. The fourth-order valence-electron chi connectivity index (χ4n) is 2.24. The molecule has 2 heterocycles. The van der Waals surface area contributed by atoms with Crippen LogP contribution >= 0.6 is 11.3 Å². The van der Waals surface area contributed by atoms with E-state index in [0.717, 1.165) is 37.2 Å². The van der Waals surface area contributed by atoms with Crippen LogP contribution in [0.25, 0.3) is 0 Å². The molecule has 2 rings (SSSR count). The van der Waals surface area contributed by atoms with E-state index in [-0.39, 0.29) is 18.6 Å². The van der Waals surface area contributed by atoms with Crippen molar-refractivity contribution in [1.82, 2.24) is 9.88 Å². The van der Waals surface area contributed by atoms with Crippen molar-refractivity contribution in [2.75, 3.05) is 13.2 Å². The highest BCUT2D eigenvalue weighted by Gasteiger charge is 2.26. The van der Waals surface area contributed by atoms with Crippen LogP contribution in [0.2, 0.25) is 0 Å². The lowest BCUT2D eigenvalue weighted by molar-refractivity contribution is 0.0604. The van der Waals surface area contributed by atoms with Crippen LogP contribution in [0.15, 0.2) is 6.20 Å². The standard InChI is InChI=1S/C12H18N2O2S/c1-9-13-7-11(17-9)12(16)14-6-4-2-3-5-10(14)8-15/h7,10,15H,2-6,8H2,1H3. The van der Waals surface area contributed by atoms with Gasteiger partial charge in [-0.05, 0) is 19.8 Å². The number of amides is 1. The molecular weight excluding hydrogens is 236 g/mol. The molecule has 0 spiro atoms. The van der Waals surface area contributed by atoms with Crippen molar-refractivity contribution in [1.29, 1.82) is 0 Å². The van der Waals surface area contributed by atoms with Gasteiger partial charge in [0.2, 0.25) is 0 Å². The quantitative estimate of drug-likeness (QED) is 0.876. The third-order valence-electron chi connectivity index (χ3n) is 3.18. The van der Waals surface area contributed by atoms with Gasteiger partial charge in [0.1, 0.15) is 4.88 Å². The summed E-state index contributed by atoms with van der Waals surface area (Å²) in [6.45, 7) is 2.71. The molecule has 0 aromatic carbocycles. The lowest BCUT2D eigenvalue weighted by Crippen LogP contribution is -2.41. The van der Waals surface area contributed by atoms with Crippen molar-refractivity contribution in [3.05, 3.63) is 16.1 Å². The van der Waals surface area contributed by atoms with Gasteiger partial charge in [0, 0.05) is 6.54 Å². The first-order valence-corrected chi connectivity index (χ1v) is 6.88. The van der Waals surface area contributed by atoms with Gasteiger partial charge in [0.15, 0.2) is 0 Å². The van der Waals surface area contributed by atoms with Gasteiger partial charge >= 0.3 is 0 Å². The van der Waals surface area contributed by atoms with E-state index in [9.17, 15) is 9.90 Å². The Morgan fingerprint density at radius 1 is 1.59 bits per heavy atom. The van der Waals surface area contributed by atoms with Crippen LogP contribution < -0.4 is 0 Å². The second-order valence-electron chi connectivity index (χ2n) is 4.43. The van der Waals surface area contributed by atoms with Crippen molar-refractivity contribution >= 4 is 17.2 Å². The summed E-state index contributed by atoms with van der Waals surface area (Å²) in [6, 6.07) is -0.0209. The summed E-state index contributed by atoms with van der Waals surface area (Å²) in [4.78, 5) is 18.9. The van der Waals surface area contributed by atoms with Crippen molar-refractivity contribution in [3.63, 3.8) is 0 Å². The maximum atomic E-state index is 12.3. The smallest absolute Gasteiger partial charge is 0.265 e. The number of aliphatic hydroxyl groups is 1. The summed E-state index contributed by atoms with van der Waals surface area (Å²) >= 11 is 1.42. The topological polar surface area (TPSA) is 53.4 Å². The van der Waals surface area contributed by atoms with Crippen molar-refractivity contribution < 1.29 is 9.90 Å². The number of nitrogens with zero attached hydrogens (tertiary/aromatic N) is 2. The number of rotatable bonds is 2. The summed E-state index contributed by atoms with van der Waals surface area (Å²) in [5, 5.41) is 10.3. The summed E-state index contributed by atoms with van der Waals surface area (Å²) in [5.74, 6) is 0.0246. The number of hydrogen-bond acceptors (Lipinski definition) is 4. The first-order valence-electron chi connectivity index (χ1n) is 6.06. The summed E-state index contributed by atoms with van der Waals surface area (Å²) < 4.78 is 0. The van der Waals surface area contributed by atoms with Crippen LogP contribution in [0, 0.1) is 6.92 Å². The minimum Gasteiger partial charge on any atom is -0.394 e. The number of aromatic nitrogens is 1. The average Bonchev–Trinajstić information content (AvgIpc) is 2.64. The predicted octanol–water partition coefficient (Wildman–Crippen LogP) is 1.83. The van der Waals surface area contributed by atoms with Gasteiger partial charge < -0.3 is 10.0 Å². The monoisotopic (exact) mass is 254 g/mol. The number of aliphatic hydroxyl groups excluding tert-OH is 1. The molecule has 0 radical (unpaired) electrons. The first kappa shape index (κ1) is 12.5. The van der Waals surface area contributed by atoms with Gasteiger partial charge in [-0.2, -0.15) is 0 Å². The van der Waals surface area contributed by atoms with E-state index in [1.807, 2.05) is 11.8 Å². The molecule has 17 heavy (non-hydrogen) atoms. The Hall–Kier alpha value is -0.940. The van der Waals surface area contributed by atoms with E-state index in [1.165, 1.54) is 11.3 Å². The van der Waals surface area contributed by atoms with E-state index >= 15 is 0 Å². The summed E-state index contributed by atoms with van der Waals surface area (Å²) in [7, 11) is 0. The van der Waals surface area contributed by atoms with Crippen LogP contribution in [0.4, 0.5) is 0 Å². The number of thiazole rings is 1. The number of aryl methyl sites for hydroxylation is 1. The molecule has 5 heteroatoms. The Morgan fingerprint density at radius 2 is 2.41 bits per heavy atom. The Morgan fingerprint density at radius 3 is 3.06 bits per heavy atom. The maximum Gasteiger partial charge on any atom is 0.265 e. The second kappa shape index (κ2) is 5.60. The zero-order valence-electron chi connectivity index (χ0n) is 10.1. The van der Waals surface area contributed by atoms with E-state index < -0.39 is 0 Å². The highest BCUT2D eigenvalue weighted by Crippen LogP contribution is 2.21. The molecule has 0 aliphatic carbocycles. The highest BCUT2D eigenvalue weighted by atomic mass is 32.1. The molecule has 1 aromatic rings. The van der Waals surface area contributed by atoms with Crippen LogP contribution in [-0.2, 0) is 0 Å². The van der Waals surface area contributed by atoms with Gasteiger partial charge in [-0.15, -0.1) is 11.3 Å². The molecule has 4 nitrogen and oxygen atoms in total. The molecule has 94 valence electrons. The zero-order chi connectivity index (χ0) is 12.3. The molecule has 1 fully saturated rings. The molecule has 0 saturated carbocycles. The lowest BCUT2D eigenvalue weighted by Gasteiger charge is -2.28. The van der Waals surface area contributed by atoms with Gasteiger partial charge in [0.25, 0.3) is 5.91 Å². The van der Waals surface area contributed by atoms with Crippen molar-refractivity contribution in [2.45, 2.75) is 38.6 Å². The number of likely N-dealkylation sites (tertiary alicyclic amines) is 1. The molecule has 1 aliphatic rings. The van der Waals surface area contributed by atoms with Gasteiger partial charge in [-0.3, -0.25) is 4.79 Å². The first-order chi connectivity index (χ1) is 8.22. The molecular formula is C12H18N2O2S. The van der Waals surface area contributed by atoms with Gasteiger partial charge in [0.05, 0.1) is 23.9 Å². The lowest BCUT2D eigenvalue weighted by atomic mass is 10.1. The van der Waals surface area contributed by atoms with E-state index in [4.69, 9.17) is 0 Å². The Labute approximate surface area is 105 Å². The third-order valence-corrected chi connectivity index (χ3v) is 4.08. The molecule has 1 aliphatic heterocycles. The fraction of sp³-hybridized carbons (Fsp3) is 0.667. The summed E-state index contributed by atoms with van der Waals surface area (Å²) in [5.41, 5.74) is 0. The van der Waals surface area contributed by atoms with Crippen molar-refractivity contribution in [3.8, 4) is 0 Å². The molecule has 1 aromatic heterocycles. The van der Waals surface area contributed by atoms with Gasteiger partial charge in [-0.1, -0.05) is 12.8 Å². The molecule has 0 bridgehead atoms. The van der Waals surface area contributed by atoms with E-state index in [1.54, 1.807) is 6.20 Å². The number of carbonyl (C=O) groups is 1.